The second-order valence-corrected chi connectivity index (χ2v) is 8.50. The molecule has 5 aromatic rings. The summed E-state index contributed by atoms with van der Waals surface area (Å²) in [5.41, 5.74) is 6.28. The Morgan fingerprint density at radius 3 is 2.03 bits per heavy atom. The lowest BCUT2D eigenvalue weighted by Crippen LogP contribution is -2.15. The molecule has 6 heteroatoms. The van der Waals surface area contributed by atoms with Gasteiger partial charge in [-0.3, -0.25) is 0 Å². The third-order valence-electron chi connectivity index (χ3n) is 6.03. The number of ether oxygens (including phenoxy) is 2. The van der Waals surface area contributed by atoms with Crippen molar-refractivity contribution >= 4 is 11.9 Å². The molecule has 0 unspecified atom stereocenters. The summed E-state index contributed by atoms with van der Waals surface area (Å²) < 4.78 is 13.4. The van der Waals surface area contributed by atoms with Gasteiger partial charge in [-0.25, -0.2) is 4.68 Å². The smallest absolute Gasteiger partial charge is 0.162 e. The predicted octanol–water partition coefficient (Wildman–Crippen LogP) is 6.18. The third-order valence-corrected chi connectivity index (χ3v) is 6.03. The van der Waals surface area contributed by atoms with Gasteiger partial charge >= 0.3 is 0 Å². The molecule has 180 valence electrons. The molecule has 0 saturated carbocycles. The zero-order valence-corrected chi connectivity index (χ0v) is 20.1. The highest BCUT2D eigenvalue weighted by molar-refractivity contribution is 6.13. The summed E-state index contributed by atoms with van der Waals surface area (Å²) in [7, 11) is 0. The fourth-order valence-corrected chi connectivity index (χ4v) is 4.23. The minimum Gasteiger partial charge on any atom is -0.486 e. The van der Waals surface area contributed by atoms with Crippen molar-refractivity contribution in [1.82, 2.24) is 9.78 Å². The Labute approximate surface area is 215 Å². The van der Waals surface area contributed by atoms with Crippen LogP contribution in [-0.4, -0.2) is 34.9 Å². The van der Waals surface area contributed by atoms with Gasteiger partial charge in [-0.15, -0.1) is 5.10 Å². The topological polar surface area (TPSA) is 61.0 Å². The molecule has 1 aliphatic heterocycles. The second kappa shape index (κ2) is 10.3. The molecule has 0 saturated heterocycles. The average Bonchev–Trinajstić information content (AvgIpc) is 3.41. The first-order chi connectivity index (χ1) is 18.3. The van der Waals surface area contributed by atoms with E-state index in [2.05, 4.69) is 10.2 Å². The van der Waals surface area contributed by atoms with E-state index in [1.165, 1.54) is 0 Å². The Morgan fingerprint density at radius 2 is 1.35 bits per heavy atom. The van der Waals surface area contributed by atoms with Crippen LogP contribution in [0.5, 0.6) is 11.5 Å². The van der Waals surface area contributed by atoms with E-state index in [1.54, 1.807) is 6.21 Å². The molecule has 0 amide bonds. The van der Waals surface area contributed by atoms with Gasteiger partial charge in [0.25, 0.3) is 0 Å². The number of hydrogen-bond acceptors (Lipinski definition) is 5. The van der Waals surface area contributed by atoms with Crippen molar-refractivity contribution in [2.24, 2.45) is 10.2 Å². The molecule has 0 spiro atoms. The summed E-state index contributed by atoms with van der Waals surface area (Å²) >= 11 is 0. The lowest BCUT2D eigenvalue weighted by molar-refractivity contribution is 0.171. The molecule has 4 aromatic carbocycles. The molecule has 1 aromatic heterocycles. The normalized spacial score (nSPS) is 12.4. The van der Waals surface area contributed by atoms with Crippen molar-refractivity contribution in [3.63, 3.8) is 0 Å². The number of rotatable bonds is 6. The summed E-state index contributed by atoms with van der Waals surface area (Å²) in [5, 5.41) is 14.1. The van der Waals surface area contributed by atoms with Gasteiger partial charge in [0.2, 0.25) is 0 Å². The fraction of sp³-hybridized carbons (Fsp3) is 0.0645. The minimum atomic E-state index is 0.527. The number of aromatic nitrogens is 2. The van der Waals surface area contributed by atoms with Crippen molar-refractivity contribution in [1.29, 1.82) is 0 Å². The Hall–Kier alpha value is -4.97. The molecular weight excluding hydrogens is 460 g/mol. The van der Waals surface area contributed by atoms with Crippen LogP contribution < -0.4 is 9.47 Å². The van der Waals surface area contributed by atoms with Crippen LogP contribution in [0.1, 0.15) is 16.7 Å². The predicted molar refractivity (Wildman–Crippen MR) is 146 cm³/mol. The molecule has 37 heavy (non-hydrogen) atoms. The van der Waals surface area contributed by atoms with Crippen LogP contribution in [0, 0.1) is 0 Å². The van der Waals surface area contributed by atoms with Crippen LogP contribution in [0.15, 0.2) is 126 Å². The Kier molecular flexibility index (Phi) is 6.28. The van der Waals surface area contributed by atoms with Gasteiger partial charge in [0.1, 0.15) is 24.6 Å². The van der Waals surface area contributed by atoms with Gasteiger partial charge in [-0.05, 0) is 30.3 Å². The highest BCUT2D eigenvalue weighted by Gasteiger charge is 2.17. The number of benzene rings is 4. The van der Waals surface area contributed by atoms with Crippen LogP contribution in [0.4, 0.5) is 0 Å². The number of fused-ring (bicyclic) bond motifs is 1. The molecular formula is C31H24N4O2. The molecule has 6 nitrogen and oxygen atoms in total. The lowest BCUT2D eigenvalue weighted by atomic mass is 10.0. The molecule has 0 radical (unpaired) electrons. The molecule has 0 N–H and O–H groups in total. The minimum absolute atomic E-state index is 0.527. The molecule has 0 fully saturated rings. The Morgan fingerprint density at radius 1 is 0.730 bits per heavy atom. The quantitative estimate of drug-likeness (QED) is 0.214. The van der Waals surface area contributed by atoms with E-state index in [0.717, 1.165) is 50.8 Å². The first-order valence-corrected chi connectivity index (χ1v) is 12.1. The second-order valence-electron chi connectivity index (χ2n) is 8.50. The van der Waals surface area contributed by atoms with Gasteiger partial charge in [0.05, 0.1) is 11.9 Å². The Balaban J connectivity index is 1.42. The molecule has 1 aliphatic rings. The van der Waals surface area contributed by atoms with Crippen LogP contribution in [0.25, 0.3) is 16.9 Å². The number of hydrogen-bond donors (Lipinski definition) is 0. The van der Waals surface area contributed by atoms with Gasteiger partial charge in [0.15, 0.2) is 11.5 Å². The highest BCUT2D eigenvalue weighted by atomic mass is 16.6. The first kappa shape index (κ1) is 22.5. The van der Waals surface area contributed by atoms with Gasteiger partial charge in [0, 0.05) is 28.5 Å². The fourth-order valence-electron chi connectivity index (χ4n) is 4.23. The molecule has 6 rings (SSSR count). The summed E-state index contributed by atoms with van der Waals surface area (Å²) in [6, 6.07) is 36.0. The van der Waals surface area contributed by atoms with E-state index in [9.17, 15) is 0 Å². The van der Waals surface area contributed by atoms with Crippen LogP contribution in [0.2, 0.25) is 0 Å². The third kappa shape index (κ3) is 4.90. The monoisotopic (exact) mass is 484 g/mol. The maximum Gasteiger partial charge on any atom is 0.162 e. The zero-order valence-electron chi connectivity index (χ0n) is 20.1. The van der Waals surface area contributed by atoms with Gasteiger partial charge in [-0.2, -0.15) is 10.2 Å². The SMILES string of the molecule is C(=NN=C(c1ccccc1)c1ccccc1)c1cn(-c2ccccc2)nc1-c1ccc2c(c1)OCCO2. The summed E-state index contributed by atoms with van der Waals surface area (Å²) in [6.07, 6.45) is 3.72. The largest absolute Gasteiger partial charge is 0.486 e. The van der Waals surface area contributed by atoms with Crippen molar-refractivity contribution < 1.29 is 9.47 Å². The number of nitrogens with zero attached hydrogens (tertiary/aromatic N) is 4. The summed E-state index contributed by atoms with van der Waals surface area (Å²) in [6.45, 7) is 1.08. The maximum absolute atomic E-state index is 5.81. The molecule has 2 heterocycles. The lowest BCUT2D eigenvalue weighted by Gasteiger charge is -2.18. The van der Waals surface area contributed by atoms with Crippen molar-refractivity contribution in [2.45, 2.75) is 0 Å². The molecule has 0 aliphatic carbocycles. The average molecular weight is 485 g/mol. The van der Waals surface area contributed by atoms with Gasteiger partial charge in [-0.1, -0.05) is 78.9 Å². The molecule has 0 atom stereocenters. The standard InChI is InChI=1S/C31H24N4O2/c1-4-10-23(11-5-1)30(24-12-6-2-7-13-24)33-32-21-26-22-35(27-14-8-3-9-15-27)34-31(26)25-16-17-28-29(20-25)37-19-18-36-28/h1-17,20-22H,18-19H2. The van der Waals surface area contributed by atoms with Crippen LogP contribution in [-0.2, 0) is 0 Å². The van der Waals surface area contributed by atoms with E-state index in [-0.39, 0.29) is 0 Å². The highest BCUT2D eigenvalue weighted by Crippen LogP contribution is 2.35. The van der Waals surface area contributed by atoms with Crippen LogP contribution >= 0.6 is 0 Å². The van der Waals surface area contributed by atoms with E-state index < -0.39 is 0 Å². The van der Waals surface area contributed by atoms with E-state index in [4.69, 9.17) is 14.6 Å². The Bertz CT molecular complexity index is 1520. The summed E-state index contributed by atoms with van der Waals surface area (Å²) in [4.78, 5) is 0. The van der Waals surface area contributed by atoms with Crippen LogP contribution in [0.3, 0.4) is 0 Å². The number of para-hydroxylation sites is 1. The van der Waals surface area contributed by atoms with Crippen molar-refractivity contribution in [2.75, 3.05) is 13.2 Å². The first-order valence-electron chi connectivity index (χ1n) is 12.1. The van der Waals surface area contributed by atoms with Crippen molar-refractivity contribution in [3.8, 4) is 28.4 Å². The maximum atomic E-state index is 5.81. The van der Waals surface area contributed by atoms with E-state index in [0.29, 0.717) is 13.2 Å². The van der Waals surface area contributed by atoms with Gasteiger partial charge < -0.3 is 9.47 Å². The van der Waals surface area contributed by atoms with E-state index >= 15 is 0 Å². The van der Waals surface area contributed by atoms with E-state index in [1.807, 2.05) is 120 Å². The summed E-state index contributed by atoms with van der Waals surface area (Å²) in [5.74, 6) is 1.46. The zero-order chi connectivity index (χ0) is 24.9. The van der Waals surface area contributed by atoms with Crippen molar-refractivity contribution in [3.05, 3.63) is 132 Å². The molecule has 0 bridgehead atoms.